The van der Waals surface area contributed by atoms with E-state index in [2.05, 4.69) is 54.4 Å². The number of hydrogen-bond donors (Lipinski definition) is 2. The van der Waals surface area contributed by atoms with Gasteiger partial charge in [0.2, 0.25) is 0 Å². The molecule has 1 amide bonds. The van der Waals surface area contributed by atoms with Crippen molar-refractivity contribution in [2.45, 2.75) is 45.3 Å². The van der Waals surface area contributed by atoms with Gasteiger partial charge in [-0.25, -0.2) is 0 Å². The molecule has 0 bridgehead atoms. The number of H-pyrrole nitrogens is 1. The highest BCUT2D eigenvalue weighted by Gasteiger charge is 2.39. The van der Waals surface area contributed by atoms with Gasteiger partial charge in [0, 0.05) is 23.1 Å². The van der Waals surface area contributed by atoms with Crippen LogP contribution in [0.25, 0.3) is 10.9 Å². The molecule has 4 heteroatoms. The largest absolute Gasteiger partial charge is 0.381 e. The first-order chi connectivity index (χ1) is 12.9. The van der Waals surface area contributed by atoms with Crippen LogP contribution in [0, 0.1) is 0 Å². The highest BCUT2D eigenvalue weighted by molar-refractivity contribution is 5.88. The van der Waals surface area contributed by atoms with Crippen LogP contribution in [0.4, 0.5) is 0 Å². The molecule has 4 rings (SSSR count). The summed E-state index contributed by atoms with van der Waals surface area (Å²) in [4.78, 5) is 18.4. The van der Waals surface area contributed by atoms with E-state index in [9.17, 15) is 9.90 Å². The van der Waals surface area contributed by atoms with Crippen molar-refractivity contribution in [2.24, 2.45) is 0 Å². The molecule has 3 aromatic rings. The van der Waals surface area contributed by atoms with Crippen molar-refractivity contribution in [2.75, 3.05) is 6.54 Å². The quantitative estimate of drug-likeness (QED) is 0.741. The van der Waals surface area contributed by atoms with Gasteiger partial charge < -0.3 is 15.0 Å². The summed E-state index contributed by atoms with van der Waals surface area (Å²) >= 11 is 0. The zero-order chi connectivity index (χ0) is 19.2. The van der Waals surface area contributed by atoms with Crippen LogP contribution in [0.5, 0.6) is 0 Å². The predicted octanol–water partition coefficient (Wildman–Crippen LogP) is 3.98. The molecule has 0 saturated carbocycles. The molecule has 140 valence electrons. The van der Waals surface area contributed by atoms with Crippen LogP contribution in [0.15, 0.2) is 48.5 Å². The number of aromatic nitrogens is 1. The third-order valence-electron chi connectivity index (χ3n) is 5.52. The number of carbonyl (C=O) groups excluding carboxylic acids is 1. The second kappa shape index (κ2) is 6.54. The van der Waals surface area contributed by atoms with Gasteiger partial charge in [0.15, 0.2) is 0 Å². The second-order valence-electron chi connectivity index (χ2n) is 7.87. The molecule has 27 heavy (non-hydrogen) atoms. The van der Waals surface area contributed by atoms with Crippen molar-refractivity contribution in [1.82, 2.24) is 9.88 Å². The Balaban J connectivity index is 1.88. The summed E-state index contributed by atoms with van der Waals surface area (Å²) in [5.41, 5.74) is 4.36. The molecule has 0 aliphatic carbocycles. The third-order valence-corrected chi connectivity index (χ3v) is 5.52. The van der Waals surface area contributed by atoms with E-state index in [1.807, 2.05) is 11.0 Å². The standard InChI is InChI=1S/C23H26N2O2/c1-4-15-9-11-16(12-10-15)21-20-18(17-7-5-6-8-19(17)24-20)13-14-25(21)22(26)23(2,3)27/h5-12,21,24,27H,4,13-14H2,1-3H3. The lowest BCUT2D eigenvalue weighted by atomic mass is 9.90. The van der Waals surface area contributed by atoms with Gasteiger partial charge in [0.25, 0.3) is 5.91 Å². The molecule has 1 aliphatic rings. The smallest absolute Gasteiger partial charge is 0.254 e. The lowest BCUT2D eigenvalue weighted by molar-refractivity contribution is -0.150. The molecule has 1 unspecified atom stereocenters. The molecule has 0 spiro atoms. The Morgan fingerprint density at radius 2 is 1.89 bits per heavy atom. The lowest BCUT2D eigenvalue weighted by Gasteiger charge is -2.39. The fourth-order valence-corrected chi connectivity index (χ4v) is 4.09. The van der Waals surface area contributed by atoms with Gasteiger partial charge in [-0.15, -0.1) is 0 Å². The minimum absolute atomic E-state index is 0.217. The molecular formula is C23H26N2O2. The maximum Gasteiger partial charge on any atom is 0.254 e. The zero-order valence-corrected chi connectivity index (χ0v) is 16.1. The Kier molecular flexibility index (Phi) is 4.31. The predicted molar refractivity (Wildman–Crippen MR) is 108 cm³/mol. The summed E-state index contributed by atoms with van der Waals surface area (Å²) in [7, 11) is 0. The number of fused-ring (bicyclic) bond motifs is 3. The number of aliphatic hydroxyl groups is 1. The maximum atomic E-state index is 13.0. The second-order valence-corrected chi connectivity index (χ2v) is 7.87. The maximum absolute atomic E-state index is 13.0. The van der Waals surface area contributed by atoms with Crippen molar-refractivity contribution in [3.05, 3.63) is 70.9 Å². The van der Waals surface area contributed by atoms with Crippen LogP contribution in [0.2, 0.25) is 0 Å². The number of hydrogen-bond acceptors (Lipinski definition) is 2. The molecule has 1 aliphatic heterocycles. The van der Waals surface area contributed by atoms with Crippen LogP contribution in [-0.2, 0) is 17.6 Å². The zero-order valence-electron chi connectivity index (χ0n) is 16.1. The molecule has 0 radical (unpaired) electrons. The highest BCUT2D eigenvalue weighted by Crippen LogP contribution is 2.39. The van der Waals surface area contributed by atoms with Crippen molar-refractivity contribution in [3.63, 3.8) is 0 Å². The average molecular weight is 362 g/mol. The van der Waals surface area contributed by atoms with Gasteiger partial charge in [-0.2, -0.15) is 0 Å². The molecule has 0 saturated heterocycles. The Morgan fingerprint density at radius 3 is 2.56 bits per heavy atom. The van der Waals surface area contributed by atoms with Gasteiger partial charge >= 0.3 is 0 Å². The van der Waals surface area contributed by atoms with Gasteiger partial charge in [0.05, 0.1) is 6.04 Å². The van der Waals surface area contributed by atoms with Crippen molar-refractivity contribution < 1.29 is 9.90 Å². The fourth-order valence-electron chi connectivity index (χ4n) is 4.09. The number of rotatable bonds is 3. The molecule has 0 fully saturated rings. The lowest BCUT2D eigenvalue weighted by Crippen LogP contribution is -2.49. The monoisotopic (exact) mass is 362 g/mol. The minimum Gasteiger partial charge on any atom is -0.381 e. The van der Waals surface area contributed by atoms with E-state index in [0.717, 1.165) is 29.6 Å². The number of para-hydroxylation sites is 1. The number of nitrogens with one attached hydrogen (secondary N) is 1. The minimum atomic E-state index is -1.40. The number of nitrogens with zero attached hydrogens (tertiary/aromatic N) is 1. The molecule has 4 nitrogen and oxygen atoms in total. The van der Waals surface area contributed by atoms with Crippen LogP contribution < -0.4 is 0 Å². The van der Waals surface area contributed by atoms with E-state index in [1.54, 1.807) is 13.8 Å². The van der Waals surface area contributed by atoms with Crippen LogP contribution in [-0.4, -0.2) is 33.0 Å². The first-order valence-corrected chi connectivity index (χ1v) is 9.62. The van der Waals surface area contributed by atoms with Crippen molar-refractivity contribution in [3.8, 4) is 0 Å². The van der Waals surface area contributed by atoms with Gasteiger partial charge in [-0.1, -0.05) is 49.4 Å². The van der Waals surface area contributed by atoms with Crippen molar-refractivity contribution >= 4 is 16.8 Å². The summed E-state index contributed by atoms with van der Waals surface area (Å²) < 4.78 is 0. The van der Waals surface area contributed by atoms with Crippen molar-refractivity contribution in [1.29, 1.82) is 0 Å². The average Bonchev–Trinajstić information content (AvgIpc) is 3.04. The first-order valence-electron chi connectivity index (χ1n) is 9.62. The van der Waals surface area contributed by atoms with Gasteiger partial charge in [-0.05, 0) is 49.4 Å². The Labute approximate surface area is 159 Å². The summed E-state index contributed by atoms with van der Waals surface area (Å²) in [6, 6.07) is 16.5. The number of benzene rings is 2. The third kappa shape index (κ3) is 3.04. The van der Waals surface area contributed by atoms with E-state index < -0.39 is 5.60 Å². The first kappa shape index (κ1) is 17.8. The molecule has 1 atom stereocenters. The van der Waals surface area contributed by atoms with Gasteiger partial charge in [-0.3, -0.25) is 4.79 Å². The molecular weight excluding hydrogens is 336 g/mol. The fraction of sp³-hybridized carbons (Fsp3) is 0.348. The normalized spacial score (nSPS) is 17.2. The molecule has 1 aromatic heterocycles. The van der Waals surface area contributed by atoms with E-state index in [0.29, 0.717) is 6.54 Å². The topological polar surface area (TPSA) is 56.3 Å². The Bertz CT molecular complexity index is 980. The van der Waals surface area contributed by atoms with Gasteiger partial charge in [0.1, 0.15) is 5.60 Å². The molecule has 2 aromatic carbocycles. The summed E-state index contributed by atoms with van der Waals surface area (Å²) in [5.74, 6) is -0.239. The molecule has 2 heterocycles. The van der Waals surface area contributed by atoms with Crippen LogP contribution in [0.3, 0.4) is 0 Å². The number of amides is 1. The van der Waals surface area contributed by atoms with E-state index in [-0.39, 0.29) is 11.9 Å². The Morgan fingerprint density at radius 1 is 1.19 bits per heavy atom. The number of aromatic amines is 1. The van der Waals surface area contributed by atoms with E-state index in [1.165, 1.54) is 16.5 Å². The SMILES string of the molecule is CCc1ccc(C2c3[nH]c4ccccc4c3CCN2C(=O)C(C)(C)O)cc1. The van der Waals surface area contributed by atoms with Crippen LogP contribution in [0.1, 0.15) is 49.2 Å². The Hall–Kier alpha value is -2.59. The number of aryl methyl sites for hydroxylation is 1. The number of carbonyl (C=O) groups is 1. The van der Waals surface area contributed by atoms with E-state index >= 15 is 0 Å². The van der Waals surface area contributed by atoms with E-state index in [4.69, 9.17) is 0 Å². The highest BCUT2D eigenvalue weighted by atomic mass is 16.3. The summed E-state index contributed by atoms with van der Waals surface area (Å²) in [5, 5.41) is 11.6. The summed E-state index contributed by atoms with van der Waals surface area (Å²) in [6.07, 6.45) is 1.76. The summed E-state index contributed by atoms with van der Waals surface area (Å²) in [6.45, 7) is 5.86. The van der Waals surface area contributed by atoms with Crippen LogP contribution >= 0.6 is 0 Å². The molecule has 2 N–H and O–H groups in total.